The van der Waals surface area contributed by atoms with Gasteiger partial charge in [-0.1, -0.05) is 155 Å². The van der Waals surface area contributed by atoms with E-state index >= 15 is 0 Å². The maximum atomic E-state index is 2.43. The second kappa shape index (κ2) is 11.1. The minimum absolute atomic E-state index is 0.103. The fourth-order valence-electron chi connectivity index (χ4n) is 7.66. The third-order valence-electron chi connectivity index (χ3n) is 10.4. The Balaban J connectivity index is 1.24. The van der Waals surface area contributed by atoms with Crippen molar-refractivity contribution < 1.29 is 0 Å². The maximum absolute atomic E-state index is 2.43. The summed E-state index contributed by atoms with van der Waals surface area (Å²) in [6.45, 7) is 9.38. The van der Waals surface area contributed by atoms with E-state index < -0.39 is 0 Å². The van der Waals surface area contributed by atoms with Gasteiger partial charge in [-0.3, -0.25) is 0 Å². The molecule has 1 aliphatic carbocycles. The van der Waals surface area contributed by atoms with Crippen molar-refractivity contribution in [2.45, 2.75) is 38.5 Å². The molecule has 7 aromatic rings. The van der Waals surface area contributed by atoms with E-state index in [0.717, 1.165) is 17.1 Å². The van der Waals surface area contributed by atoms with Crippen LogP contribution in [0.1, 0.15) is 49.9 Å². The van der Waals surface area contributed by atoms with Gasteiger partial charge in [0, 0.05) is 27.9 Å². The molecular weight excluding hydrogens is 567 g/mol. The van der Waals surface area contributed by atoms with Gasteiger partial charge < -0.3 is 4.90 Å². The van der Waals surface area contributed by atoms with Crippen molar-refractivity contribution in [2.75, 3.05) is 4.90 Å². The van der Waals surface area contributed by atoms with Gasteiger partial charge in [0.1, 0.15) is 0 Å². The van der Waals surface area contributed by atoms with Crippen molar-refractivity contribution in [1.29, 1.82) is 0 Å². The first-order valence-corrected chi connectivity index (χ1v) is 16.6. The predicted molar refractivity (Wildman–Crippen MR) is 200 cm³/mol. The standard InChI is InChI=1S/C46H39N/c1-45(2,35-16-9-6-10-17-35)36-22-26-38(27-23-36)47(37-24-19-33(20-25-37)32-13-7-5-8-14-32)39-28-30-41-42-29-21-34-15-11-12-18-40(34)44(42)46(3,4)43(41)31-39/h5-31H,1-4H3. The highest BCUT2D eigenvalue weighted by Crippen LogP contribution is 2.53. The fraction of sp³-hybridized carbons (Fsp3) is 0.130. The van der Waals surface area contributed by atoms with Gasteiger partial charge in [0.2, 0.25) is 0 Å². The highest BCUT2D eigenvalue weighted by Gasteiger charge is 2.37. The molecule has 1 nitrogen and oxygen atoms in total. The molecule has 0 amide bonds. The number of rotatable bonds is 6. The molecule has 0 saturated heterocycles. The van der Waals surface area contributed by atoms with Crippen molar-refractivity contribution in [3.05, 3.63) is 186 Å². The van der Waals surface area contributed by atoms with E-state index in [1.165, 1.54) is 55.3 Å². The summed E-state index contributed by atoms with van der Waals surface area (Å²) in [5, 5.41) is 2.64. The molecule has 0 bridgehead atoms. The van der Waals surface area contributed by atoms with Gasteiger partial charge in [-0.05, 0) is 91.7 Å². The van der Waals surface area contributed by atoms with Crippen molar-refractivity contribution in [1.82, 2.24) is 0 Å². The van der Waals surface area contributed by atoms with Gasteiger partial charge in [-0.2, -0.15) is 0 Å². The summed E-state index contributed by atoms with van der Waals surface area (Å²) in [6.07, 6.45) is 0. The van der Waals surface area contributed by atoms with E-state index in [1.54, 1.807) is 0 Å². The fourth-order valence-corrected chi connectivity index (χ4v) is 7.66. The molecule has 0 unspecified atom stereocenters. The van der Waals surface area contributed by atoms with Gasteiger partial charge in [-0.15, -0.1) is 0 Å². The molecule has 0 saturated carbocycles. The molecular formula is C46H39N. The number of hydrogen-bond donors (Lipinski definition) is 0. The quantitative estimate of drug-likeness (QED) is 0.182. The Hall–Kier alpha value is -5.40. The normalized spacial score (nSPS) is 13.3. The molecule has 0 fully saturated rings. The Bertz CT molecular complexity index is 2210. The molecule has 47 heavy (non-hydrogen) atoms. The molecule has 0 atom stereocenters. The van der Waals surface area contributed by atoms with Crippen LogP contribution in [0, 0.1) is 0 Å². The molecule has 0 heterocycles. The summed E-state index contributed by atoms with van der Waals surface area (Å²) >= 11 is 0. The van der Waals surface area contributed by atoms with Crippen molar-refractivity contribution in [3.63, 3.8) is 0 Å². The number of benzene rings is 7. The lowest BCUT2D eigenvalue weighted by Gasteiger charge is -2.30. The first-order valence-electron chi connectivity index (χ1n) is 16.6. The van der Waals surface area contributed by atoms with E-state index in [2.05, 4.69) is 196 Å². The van der Waals surface area contributed by atoms with Gasteiger partial charge >= 0.3 is 0 Å². The molecule has 1 aliphatic rings. The summed E-state index contributed by atoms with van der Waals surface area (Å²) in [7, 11) is 0. The lowest BCUT2D eigenvalue weighted by molar-refractivity contribution is 0.641. The van der Waals surface area contributed by atoms with E-state index in [0.29, 0.717) is 0 Å². The van der Waals surface area contributed by atoms with Crippen LogP contribution in [0.4, 0.5) is 17.1 Å². The van der Waals surface area contributed by atoms with Gasteiger partial charge in [0.25, 0.3) is 0 Å². The van der Waals surface area contributed by atoms with Crippen LogP contribution in [-0.2, 0) is 10.8 Å². The zero-order valence-electron chi connectivity index (χ0n) is 27.5. The SMILES string of the molecule is CC(C)(c1ccccc1)c1ccc(N(c2ccc(-c3ccccc3)cc2)c2ccc3c(c2)C(C)(C)c2c-3ccc3ccccc23)cc1. The minimum Gasteiger partial charge on any atom is -0.310 e. The van der Waals surface area contributed by atoms with E-state index in [-0.39, 0.29) is 10.8 Å². The Morgan fingerprint density at radius 2 is 1.00 bits per heavy atom. The van der Waals surface area contributed by atoms with Gasteiger partial charge in [0.05, 0.1) is 0 Å². The lowest BCUT2D eigenvalue weighted by Crippen LogP contribution is -2.19. The van der Waals surface area contributed by atoms with Crippen molar-refractivity contribution in [2.24, 2.45) is 0 Å². The zero-order chi connectivity index (χ0) is 32.2. The summed E-state index contributed by atoms with van der Waals surface area (Å²) in [5.74, 6) is 0. The smallest absolute Gasteiger partial charge is 0.0465 e. The molecule has 228 valence electrons. The third-order valence-corrected chi connectivity index (χ3v) is 10.4. The van der Waals surface area contributed by atoms with Crippen LogP contribution in [0.15, 0.2) is 164 Å². The number of fused-ring (bicyclic) bond motifs is 5. The van der Waals surface area contributed by atoms with E-state index in [9.17, 15) is 0 Å². The molecule has 0 aromatic heterocycles. The molecule has 0 radical (unpaired) electrons. The Morgan fingerprint density at radius 3 is 1.70 bits per heavy atom. The minimum atomic E-state index is -0.131. The average molecular weight is 606 g/mol. The zero-order valence-corrected chi connectivity index (χ0v) is 27.5. The molecule has 0 spiro atoms. The molecule has 8 rings (SSSR count). The summed E-state index contributed by atoms with van der Waals surface area (Å²) < 4.78 is 0. The van der Waals surface area contributed by atoms with Gasteiger partial charge in [-0.25, -0.2) is 0 Å². The molecule has 1 heteroatoms. The van der Waals surface area contributed by atoms with Crippen LogP contribution < -0.4 is 4.90 Å². The third kappa shape index (κ3) is 4.86. The maximum Gasteiger partial charge on any atom is 0.0465 e. The van der Waals surface area contributed by atoms with E-state index in [4.69, 9.17) is 0 Å². The van der Waals surface area contributed by atoms with Crippen LogP contribution in [0.25, 0.3) is 33.0 Å². The van der Waals surface area contributed by atoms with Crippen LogP contribution in [0.3, 0.4) is 0 Å². The number of nitrogens with zero attached hydrogens (tertiary/aromatic N) is 1. The Kier molecular flexibility index (Phi) is 6.88. The summed E-state index contributed by atoms with van der Waals surface area (Å²) in [6, 6.07) is 60.0. The predicted octanol–water partition coefficient (Wildman–Crippen LogP) is 12.6. The van der Waals surface area contributed by atoms with Gasteiger partial charge in [0.15, 0.2) is 0 Å². The second-order valence-corrected chi connectivity index (χ2v) is 13.9. The molecule has 7 aromatic carbocycles. The Labute approximate surface area is 278 Å². The monoisotopic (exact) mass is 605 g/mol. The largest absolute Gasteiger partial charge is 0.310 e. The lowest BCUT2D eigenvalue weighted by atomic mass is 9.78. The molecule has 0 aliphatic heterocycles. The first kappa shape index (κ1) is 29.0. The first-order chi connectivity index (χ1) is 22.8. The number of anilines is 3. The molecule has 0 N–H and O–H groups in total. The topological polar surface area (TPSA) is 3.24 Å². The highest BCUT2D eigenvalue weighted by atomic mass is 15.1. The van der Waals surface area contributed by atoms with Crippen LogP contribution in [0.2, 0.25) is 0 Å². The summed E-state index contributed by atoms with van der Waals surface area (Å²) in [5.41, 5.74) is 13.7. The van der Waals surface area contributed by atoms with Crippen LogP contribution in [-0.4, -0.2) is 0 Å². The highest BCUT2D eigenvalue weighted by molar-refractivity contribution is 5.98. The van der Waals surface area contributed by atoms with Crippen molar-refractivity contribution in [3.8, 4) is 22.3 Å². The average Bonchev–Trinajstić information content (AvgIpc) is 3.35. The summed E-state index contributed by atoms with van der Waals surface area (Å²) in [4.78, 5) is 2.41. The van der Waals surface area contributed by atoms with Crippen molar-refractivity contribution >= 4 is 27.8 Å². The second-order valence-electron chi connectivity index (χ2n) is 13.9. The number of hydrogen-bond acceptors (Lipinski definition) is 1. The van der Waals surface area contributed by atoms with Crippen LogP contribution >= 0.6 is 0 Å². The van der Waals surface area contributed by atoms with Crippen LogP contribution in [0.5, 0.6) is 0 Å². The Morgan fingerprint density at radius 1 is 0.468 bits per heavy atom. The van der Waals surface area contributed by atoms with E-state index in [1.807, 2.05) is 0 Å².